The molecule has 0 fully saturated rings. The van der Waals surface area contributed by atoms with E-state index in [-0.39, 0.29) is 6.04 Å². The van der Waals surface area contributed by atoms with E-state index in [0.29, 0.717) is 0 Å². The van der Waals surface area contributed by atoms with Gasteiger partial charge in [-0.3, -0.25) is 0 Å². The predicted molar refractivity (Wildman–Crippen MR) is 61.2 cm³/mol. The van der Waals surface area contributed by atoms with Crippen LogP contribution in [0.2, 0.25) is 0 Å². The minimum Gasteiger partial charge on any atom is -0.312 e. The van der Waals surface area contributed by atoms with E-state index < -0.39 is 14.6 Å². The molecule has 1 N–H and O–H groups in total. The van der Waals surface area contributed by atoms with Crippen molar-refractivity contribution in [3.05, 3.63) is 11.6 Å². The Kier molecular flexibility index (Phi) is 4.34. The van der Waals surface area contributed by atoms with E-state index in [4.69, 9.17) is 0 Å². The fourth-order valence-electron chi connectivity index (χ4n) is 1.20. The summed E-state index contributed by atoms with van der Waals surface area (Å²) in [5.41, 5.74) is 1.11. The third-order valence-electron chi connectivity index (χ3n) is 2.52. The highest BCUT2D eigenvalue weighted by molar-refractivity contribution is 7.92. The van der Waals surface area contributed by atoms with Crippen LogP contribution in [0.3, 0.4) is 0 Å². The molecule has 0 radical (unpaired) electrons. The standard InChI is InChI=1S/C10H21NO2S/c1-8(2)7-9(11-5)10(3,4)14(6,12)13/h7,9,11H,1-6H3. The highest BCUT2D eigenvalue weighted by Gasteiger charge is 2.36. The van der Waals surface area contributed by atoms with Crippen LogP contribution in [0.15, 0.2) is 11.6 Å². The summed E-state index contributed by atoms with van der Waals surface area (Å²) < 4.78 is 22.4. The average Bonchev–Trinajstić information content (AvgIpc) is 1.97. The third kappa shape index (κ3) is 3.10. The zero-order valence-electron chi connectivity index (χ0n) is 9.88. The number of rotatable bonds is 4. The highest BCUT2D eigenvalue weighted by atomic mass is 32.2. The van der Waals surface area contributed by atoms with Crippen molar-refractivity contribution in [2.24, 2.45) is 0 Å². The van der Waals surface area contributed by atoms with Crippen molar-refractivity contribution in [1.82, 2.24) is 5.32 Å². The molecule has 0 saturated heterocycles. The molecular formula is C10H21NO2S. The summed E-state index contributed by atoms with van der Waals surface area (Å²) >= 11 is 0. The van der Waals surface area contributed by atoms with Gasteiger partial charge in [-0.1, -0.05) is 11.6 Å². The van der Waals surface area contributed by atoms with Crippen molar-refractivity contribution >= 4 is 9.84 Å². The van der Waals surface area contributed by atoms with Gasteiger partial charge in [-0.25, -0.2) is 8.42 Å². The van der Waals surface area contributed by atoms with Crippen molar-refractivity contribution in [2.45, 2.75) is 38.5 Å². The molecule has 3 nitrogen and oxygen atoms in total. The largest absolute Gasteiger partial charge is 0.312 e. The van der Waals surface area contributed by atoms with Gasteiger partial charge in [-0.05, 0) is 34.7 Å². The summed E-state index contributed by atoms with van der Waals surface area (Å²) in [7, 11) is -1.29. The molecule has 0 saturated carbocycles. The second kappa shape index (κ2) is 4.45. The first-order valence-electron chi connectivity index (χ1n) is 4.65. The molecule has 0 aliphatic carbocycles. The number of hydrogen-bond acceptors (Lipinski definition) is 3. The Labute approximate surface area is 87.5 Å². The number of likely N-dealkylation sites (N-methyl/N-ethyl adjacent to an activating group) is 1. The van der Waals surface area contributed by atoms with Crippen molar-refractivity contribution in [3.8, 4) is 0 Å². The Bertz CT molecular complexity index is 311. The van der Waals surface area contributed by atoms with E-state index in [0.717, 1.165) is 5.57 Å². The van der Waals surface area contributed by atoms with Crippen molar-refractivity contribution in [3.63, 3.8) is 0 Å². The molecule has 0 aromatic heterocycles. The lowest BCUT2D eigenvalue weighted by molar-refractivity contribution is 0.487. The first-order chi connectivity index (χ1) is 6.13. The fourth-order valence-corrected chi connectivity index (χ4v) is 1.84. The topological polar surface area (TPSA) is 46.2 Å². The lowest BCUT2D eigenvalue weighted by Gasteiger charge is -2.30. The van der Waals surface area contributed by atoms with Crippen LogP contribution in [0, 0.1) is 0 Å². The Morgan fingerprint density at radius 1 is 1.36 bits per heavy atom. The molecule has 0 rings (SSSR count). The van der Waals surface area contributed by atoms with Gasteiger partial charge in [0.05, 0.1) is 4.75 Å². The second-order valence-electron chi connectivity index (χ2n) is 4.39. The summed E-state index contributed by atoms with van der Waals surface area (Å²) in [6, 6.07) is -0.150. The second-order valence-corrected chi connectivity index (χ2v) is 6.98. The minimum atomic E-state index is -3.07. The monoisotopic (exact) mass is 219 g/mol. The van der Waals surface area contributed by atoms with Gasteiger partial charge in [0, 0.05) is 12.3 Å². The summed E-state index contributed by atoms with van der Waals surface area (Å²) in [4.78, 5) is 0. The van der Waals surface area contributed by atoms with Crippen LogP contribution in [-0.2, 0) is 9.84 Å². The molecule has 0 aromatic carbocycles. The van der Waals surface area contributed by atoms with Gasteiger partial charge in [0.1, 0.15) is 0 Å². The van der Waals surface area contributed by atoms with Gasteiger partial charge in [0.25, 0.3) is 0 Å². The van der Waals surface area contributed by atoms with E-state index in [1.165, 1.54) is 6.26 Å². The van der Waals surface area contributed by atoms with Crippen LogP contribution in [0.5, 0.6) is 0 Å². The van der Waals surface area contributed by atoms with Crippen molar-refractivity contribution in [1.29, 1.82) is 0 Å². The number of nitrogens with one attached hydrogen (secondary N) is 1. The van der Waals surface area contributed by atoms with Gasteiger partial charge in [0.15, 0.2) is 9.84 Å². The molecule has 0 heterocycles. The zero-order valence-corrected chi connectivity index (χ0v) is 10.7. The summed E-state index contributed by atoms with van der Waals surface area (Å²) in [5, 5.41) is 3.02. The normalized spacial score (nSPS) is 15.0. The Balaban J connectivity index is 5.15. The molecule has 4 heteroatoms. The molecule has 0 spiro atoms. The van der Waals surface area contributed by atoms with E-state index >= 15 is 0 Å². The number of hydrogen-bond donors (Lipinski definition) is 1. The quantitative estimate of drug-likeness (QED) is 0.726. The van der Waals surface area contributed by atoms with Crippen LogP contribution in [0.1, 0.15) is 27.7 Å². The van der Waals surface area contributed by atoms with E-state index in [1.54, 1.807) is 20.9 Å². The van der Waals surface area contributed by atoms with E-state index in [1.807, 2.05) is 19.9 Å². The smallest absolute Gasteiger partial charge is 0.154 e. The maximum absolute atomic E-state index is 11.6. The van der Waals surface area contributed by atoms with Gasteiger partial charge in [-0.2, -0.15) is 0 Å². The molecule has 14 heavy (non-hydrogen) atoms. The summed E-state index contributed by atoms with van der Waals surface area (Å²) in [6.07, 6.45) is 3.22. The molecular weight excluding hydrogens is 198 g/mol. The number of allylic oxidation sites excluding steroid dienone is 1. The van der Waals surface area contributed by atoms with Gasteiger partial charge in [0.2, 0.25) is 0 Å². The molecule has 0 aliphatic heterocycles. The molecule has 0 aromatic rings. The van der Waals surface area contributed by atoms with Crippen molar-refractivity contribution < 1.29 is 8.42 Å². The van der Waals surface area contributed by atoms with Crippen LogP contribution in [-0.4, -0.2) is 32.5 Å². The van der Waals surface area contributed by atoms with E-state index in [9.17, 15) is 8.42 Å². The van der Waals surface area contributed by atoms with Crippen LogP contribution in [0.4, 0.5) is 0 Å². The average molecular weight is 219 g/mol. The minimum absolute atomic E-state index is 0.150. The molecule has 1 unspecified atom stereocenters. The van der Waals surface area contributed by atoms with Crippen LogP contribution >= 0.6 is 0 Å². The van der Waals surface area contributed by atoms with Crippen LogP contribution < -0.4 is 5.32 Å². The molecule has 1 atom stereocenters. The summed E-state index contributed by atoms with van der Waals surface area (Å²) in [5.74, 6) is 0. The fraction of sp³-hybridized carbons (Fsp3) is 0.800. The third-order valence-corrected chi connectivity index (χ3v) is 4.68. The van der Waals surface area contributed by atoms with Gasteiger partial charge in [-0.15, -0.1) is 0 Å². The van der Waals surface area contributed by atoms with Crippen molar-refractivity contribution in [2.75, 3.05) is 13.3 Å². The first kappa shape index (κ1) is 13.7. The molecule has 0 aliphatic rings. The highest BCUT2D eigenvalue weighted by Crippen LogP contribution is 2.21. The Hall–Kier alpha value is -0.350. The molecule has 0 amide bonds. The SMILES string of the molecule is CNC(C=C(C)C)C(C)(C)S(C)(=O)=O. The number of sulfone groups is 1. The van der Waals surface area contributed by atoms with Gasteiger partial charge >= 0.3 is 0 Å². The van der Waals surface area contributed by atoms with E-state index in [2.05, 4.69) is 5.32 Å². The molecule has 84 valence electrons. The summed E-state index contributed by atoms with van der Waals surface area (Å²) in [6.45, 7) is 7.40. The Morgan fingerprint density at radius 2 is 1.79 bits per heavy atom. The predicted octanol–water partition coefficient (Wildman–Crippen LogP) is 1.36. The maximum atomic E-state index is 11.6. The maximum Gasteiger partial charge on any atom is 0.154 e. The Morgan fingerprint density at radius 3 is 2.00 bits per heavy atom. The van der Waals surface area contributed by atoms with Gasteiger partial charge < -0.3 is 5.32 Å². The lowest BCUT2D eigenvalue weighted by atomic mass is 10.0. The zero-order chi connectivity index (χ0) is 11.6. The lowest BCUT2D eigenvalue weighted by Crippen LogP contribution is -2.49. The molecule has 0 bridgehead atoms. The van der Waals surface area contributed by atoms with Crippen LogP contribution in [0.25, 0.3) is 0 Å². The first-order valence-corrected chi connectivity index (χ1v) is 6.54.